The maximum atomic E-state index is 12.6. The molecule has 0 saturated heterocycles. The first kappa shape index (κ1) is 12.3. The Balaban J connectivity index is 3.53. The Morgan fingerprint density at radius 3 is 2.67 bits per heavy atom. The number of hydrogen-bond donors (Lipinski definition) is 0. The summed E-state index contributed by atoms with van der Waals surface area (Å²) in [5.41, 5.74) is -1.05. The molecule has 0 aliphatic carbocycles. The third-order valence-corrected chi connectivity index (χ3v) is 2.89. The van der Waals surface area contributed by atoms with Gasteiger partial charge in [0.25, 0.3) is 11.7 Å². The number of pyridine rings is 1. The van der Waals surface area contributed by atoms with E-state index < -0.39 is 17.2 Å². The van der Waals surface area contributed by atoms with Crippen LogP contribution in [0.2, 0.25) is 0 Å². The van der Waals surface area contributed by atoms with Gasteiger partial charge in [0.2, 0.25) is 0 Å². The van der Waals surface area contributed by atoms with Crippen LogP contribution in [0.1, 0.15) is 28.0 Å². The summed E-state index contributed by atoms with van der Waals surface area (Å²) in [5, 5.41) is 7.56. The zero-order valence-electron chi connectivity index (χ0n) is 6.97. The van der Waals surface area contributed by atoms with Gasteiger partial charge in [0.05, 0.1) is 9.13 Å². The van der Waals surface area contributed by atoms with E-state index in [9.17, 15) is 13.6 Å². The van der Waals surface area contributed by atoms with Gasteiger partial charge in [0.15, 0.2) is 5.69 Å². The van der Waals surface area contributed by atoms with E-state index >= 15 is 0 Å². The SMILES string of the molecule is N#Cc1ncc(C(=O)Cl)c(C(F)F)c1I. The molecular formula is C8H2ClF2IN2O. The zero-order valence-corrected chi connectivity index (χ0v) is 9.88. The smallest absolute Gasteiger partial charge is 0.265 e. The van der Waals surface area contributed by atoms with E-state index in [1.165, 1.54) is 22.6 Å². The molecule has 0 radical (unpaired) electrons. The summed E-state index contributed by atoms with van der Waals surface area (Å²) in [7, 11) is 0. The first-order chi connectivity index (χ1) is 6.99. The molecule has 1 aromatic rings. The highest BCUT2D eigenvalue weighted by atomic mass is 127. The lowest BCUT2D eigenvalue weighted by Gasteiger charge is -2.07. The Hall–Kier alpha value is -0.810. The summed E-state index contributed by atoms with van der Waals surface area (Å²) in [6.07, 6.45) is -1.98. The van der Waals surface area contributed by atoms with Crippen LogP contribution in [0.5, 0.6) is 0 Å². The molecule has 78 valence electrons. The van der Waals surface area contributed by atoms with Crippen LogP contribution in [-0.4, -0.2) is 10.2 Å². The van der Waals surface area contributed by atoms with E-state index in [4.69, 9.17) is 16.9 Å². The number of nitriles is 1. The van der Waals surface area contributed by atoms with Crippen LogP contribution in [0.3, 0.4) is 0 Å². The topological polar surface area (TPSA) is 53.8 Å². The molecule has 7 heteroatoms. The lowest BCUT2D eigenvalue weighted by Crippen LogP contribution is -2.05. The molecule has 15 heavy (non-hydrogen) atoms. The quantitative estimate of drug-likeness (QED) is 0.613. The average Bonchev–Trinajstić information content (AvgIpc) is 2.16. The number of hydrogen-bond acceptors (Lipinski definition) is 3. The minimum atomic E-state index is -2.87. The molecule has 0 saturated carbocycles. The fourth-order valence-corrected chi connectivity index (χ4v) is 1.89. The zero-order chi connectivity index (χ0) is 11.6. The molecule has 0 unspecified atom stereocenters. The van der Waals surface area contributed by atoms with E-state index in [-0.39, 0.29) is 14.8 Å². The number of carbonyl (C=O) groups excluding carboxylic acids is 1. The standard InChI is InChI=1S/C8H2ClF2IN2O/c9-7(15)3-2-14-4(1-13)6(12)5(3)8(10)11/h2,8H. The number of nitrogens with zero attached hydrogens (tertiary/aromatic N) is 2. The van der Waals surface area contributed by atoms with Gasteiger partial charge in [-0.15, -0.1) is 0 Å². The highest BCUT2D eigenvalue weighted by Crippen LogP contribution is 2.29. The van der Waals surface area contributed by atoms with Crippen LogP contribution < -0.4 is 0 Å². The van der Waals surface area contributed by atoms with Crippen LogP contribution in [-0.2, 0) is 0 Å². The molecule has 0 aliphatic heterocycles. The van der Waals surface area contributed by atoms with Gasteiger partial charge in [-0.25, -0.2) is 13.8 Å². The largest absolute Gasteiger partial charge is 0.276 e. The second kappa shape index (κ2) is 4.81. The minimum absolute atomic E-state index is 0.0448. The average molecular weight is 342 g/mol. The molecule has 0 atom stereocenters. The minimum Gasteiger partial charge on any atom is -0.276 e. The van der Waals surface area contributed by atoms with Crippen molar-refractivity contribution < 1.29 is 13.6 Å². The van der Waals surface area contributed by atoms with Gasteiger partial charge in [0.1, 0.15) is 6.07 Å². The number of alkyl halides is 2. The fourth-order valence-electron chi connectivity index (χ4n) is 0.949. The Morgan fingerprint density at radius 2 is 2.27 bits per heavy atom. The maximum absolute atomic E-state index is 12.6. The molecule has 1 aromatic heterocycles. The number of halogens is 4. The number of rotatable bonds is 2. The van der Waals surface area contributed by atoms with Crippen LogP contribution in [0.25, 0.3) is 0 Å². The summed E-state index contributed by atoms with van der Waals surface area (Å²) in [6, 6.07) is 1.65. The van der Waals surface area contributed by atoms with Crippen molar-refractivity contribution in [2.75, 3.05) is 0 Å². The molecule has 0 aromatic carbocycles. The fraction of sp³-hybridized carbons (Fsp3) is 0.125. The number of carbonyl (C=O) groups is 1. The summed E-state index contributed by atoms with van der Waals surface area (Å²) >= 11 is 6.66. The molecule has 0 spiro atoms. The monoisotopic (exact) mass is 342 g/mol. The van der Waals surface area contributed by atoms with Gasteiger partial charge in [-0.2, -0.15) is 5.26 Å². The summed E-state index contributed by atoms with van der Waals surface area (Å²) < 4.78 is 25.2. The highest BCUT2D eigenvalue weighted by Gasteiger charge is 2.23. The second-order valence-corrected chi connectivity index (χ2v) is 3.86. The molecular weight excluding hydrogens is 340 g/mol. The Kier molecular flexibility index (Phi) is 3.93. The first-order valence-corrected chi connectivity index (χ1v) is 5.01. The normalized spacial score (nSPS) is 10.1. The molecule has 0 N–H and O–H groups in total. The first-order valence-electron chi connectivity index (χ1n) is 3.55. The van der Waals surface area contributed by atoms with Gasteiger partial charge < -0.3 is 0 Å². The lowest BCUT2D eigenvalue weighted by molar-refractivity contribution is 0.106. The molecule has 1 rings (SSSR count). The van der Waals surface area contributed by atoms with Gasteiger partial charge in [-0.1, -0.05) is 0 Å². The van der Waals surface area contributed by atoms with E-state index in [1.807, 2.05) is 0 Å². The predicted molar refractivity (Wildman–Crippen MR) is 56.8 cm³/mol. The van der Waals surface area contributed by atoms with Crippen molar-refractivity contribution in [2.24, 2.45) is 0 Å². The van der Waals surface area contributed by atoms with Crippen molar-refractivity contribution in [3.05, 3.63) is 26.6 Å². The van der Waals surface area contributed by atoms with Crippen molar-refractivity contribution in [3.63, 3.8) is 0 Å². The van der Waals surface area contributed by atoms with Crippen LogP contribution in [0.15, 0.2) is 6.20 Å². The molecule has 0 fully saturated rings. The van der Waals surface area contributed by atoms with Gasteiger partial charge >= 0.3 is 0 Å². The van der Waals surface area contributed by atoms with Gasteiger partial charge in [0, 0.05) is 11.8 Å². The molecule has 1 heterocycles. The highest BCUT2D eigenvalue weighted by molar-refractivity contribution is 14.1. The van der Waals surface area contributed by atoms with Crippen LogP contribution >= 0.6 is 34.2 Å². The summed E-state index contributed by atoms with van der Waals surface area (Å²) in [4.78, 5) is 14.4. The predicted octanol–water partition coefficient (Wildman–Crippen LogP) is 2.87. The van der Waals surface area contributed by atoms with Crippen LogP contribution in [0.4, 0.5) is 8.78 Å². The van der Waals surface area contributed by atoms with Crippen molar-refractivity contribution in [1.29, 1.82) is 5.26 Å². The summed E-state index contributed by atoms with van der Waals surface area (Å²) in [6.45, 7) is 0. The van der Waals surface area contributed by atoms with E-state index in [2.05, 4.69) is 4.98 Å². The van der Waals surface area contributed by atoms with Crippen molar-refractivity contribution >= 4 is 39.4 Å². The molecule has 3 nitrogen and oxygen atoms in total. The van der Waals surface area contributed by atoms with Crippen molar-refractivity contribution in [1.82, 2.24) is 4.98 Å². The maximum Gasteiger partial charge on any atom is 0.265 e. The van der Waals surface area contributed by atoms with Gasteiger partial charge in [-0.05, 0) is 34.2 Å². The molecule has 0 amide bonds. The third-order valence-electron chi connectivity index (χ3n) is 1.59. The lowest BCUT2D eigenvalue weighted by atomic mass is 10.1. The number of aromatic nitrogens is 1. The van der Waals surface area contributed by atoms with E-state index in [0.717, 1.165) is 6.20 Å². The van der Waals surface area contributed by atoms with Gasteiger partial charge in [-0.3, -0.25) is 4.79 Å². The van der Waals surface area contributed by atoms with E-state index in [0.29, 0.717) is 0 Å². The third kappa shape index (κ3) is 2.41. The molecule has 0 bridgehead atoms. The Labute approximate surface area is 102 Å². The Bertz CT molecular complexity index is 459. The second-order valence-electron chi connectivity index (χ2n) is 2.43. The molecule has 0 aliphatic rings. The summed E-state index contributed by atoms with van der Waals surface area (Å²) in [5.74, 6) is 0. The van der Waals surface area contributed by atoms with Crippen molar-refractivity contribution in [3.8, 4) is 6.07 Å². The van der Waals surface area contributed by atoms with E-state index in [1.54, 1.807) is 6.07 Å². The Morgan fingerprint density at radius 1 is 1.67 bits per heavy atom. The van der Waals surface area contributed by atoms with Crippen molar-refractivity contribution in [2.45, 2.75) is 6.43 Å². The van der Waals surface area contributed by atoms with Crippen LogP contribution in [0, 0.1) is 14.9 Å².